The van der Waals surface area contributed by atoms with E-state index >= 15 is 0 Å². The second-order valence-electron chi connectivity index (χ2n) is 8.96. The van der Waals surface area contributed by atoms with Crippen molar-refractivity contribution in [1.29, 1.82) is 0 Å². The molecule has 0 saturated carbocycles. The molecular formula is C32H32ClNO6. The Morgan fingerprint density at radius 3 is 2.15 bits per heavy atom. The Morgan fingerprint density at radius 1 is 0.875 bits per heavy atom. The van der Waals surface area contributed by atoms with Gasteiger partial charge in [0.2, 0.25) is 0 Å². The minimum Gasteiger partial charge on any atom is -0.489 e. The first-order valence-corrected chi connectivity index (χ1v) is 13.3. The first-order chi connectivity index (χ1) is 19.5. The molecule has 4 rings (SSSR count). The molecule has 0 aromatic heterocycles. The zero-order valence-electron chi connectivity index (χ0n) is 22.4. The lowest BCUT2D eigenvalue weighted by molar-refractivity contribution is -0.124. The number of methoxy groups -OCH3 is 1. The van der Waals surface area contributed by atoms with Crippen molar-refractivity contribution in [3.63, 3.8) is 0 Å². The Hall–Kier alpha value is -4.04. The second-order valence-corrected chi connectivity index (χ2v) is 9.34. The highest BCUT2D eigenvalue weighted by Gasteiger charge is 2.23. The zero-order chi connectivity index (χ0) is 28.3. The summed E-state index contributed by atoms with van der Waals surface area (Å²) in [4.78, 5) is 13.1. The molecule has 4 aromatic rings. The van der Waals surface area contributed by atoms with Crippen molar-refractivity contribution in [2.75, 3.05) is 19.2 Å². The molecule has 2 N–H and O–H groups in total. The maximum Gasteiger partial charge on any atom is 0.257 e. The van der Waals surface area contributed by atoms with Gasteiger partial charge < -0.3 is 29.4 Å². The van der Waals surface area contributed by atoms with Gasteiger partial charge in [0.15, 0.2) is 24.4 Å². The van der Waals surface area contributed by atoms with Gasteiger partial charge in [-0.05, 0) is 52.9 Å². The molecule has 0 fully saturated rings. The van der Waals surface area contributed by atoms with Crippen molar-refractivity contribution in [2.45, 2.75) is 32.7 Å². The first kappa shape index (κ1) is 29.0. The molecule has 0 aliphatic rings. The van der Waals surface area contributed by atoms with Crippen LogP contribution < -0.4 is 19.5 Å². The lowest BCUT2D eigenvalue weighted by Gasteiger charge is -2.19. The fourth-order valence-electron chi connectivity index (χ4n) is 4.06. The number of rotatable bonds is 13. The van der Waals surface area contributed by atoms with Crippen LogP contribution >= 0.6 is 11.6 Å². The molecule has 1 unspecified atom stereocenters. The summed E-state index contributed by atoms with van der Waals surface area (Å²) >= 11 is 6.66. The summed E-state index contributed by atoms with van der Waals surface area (Å²) in [6.07, 6.45) is -0.821. The Morgan fingerprint density at radius 2 is 1.52 bits per heavy atom. The van der Waals surface area contributed by atoms with E-state index in [9.17, 15) is 9.90 Å². The first-order valence-electron chi connectivity index (χ1n) is 12.9. The van der Waals surface area contributed by atoms with Gasteiger partial charge >= 0.3 is 0 Å². The Kier molecular flexibility index (Phi) is 10.4. The van der Waals surface area contributed by atoms with Crippen molar-refractivity contribution >= 4 is 23.2 Å². The number of carbonyl (C=O) groups excluding carboxylic acids is 1. The van der Waals surface area contributed by atoms with Crippen molar-refractivity contribution in [3.8, 4) is 17.2 Å². The Balaban J connectivity index is 1.49. The molecule has 0 aliphatic carbocycles. The van der Waals surface area contributed by atoms with Gasteiger partial charge in [-0.3, -0.25) is 4.79 Å². The molecule has 0 aliphatic heterocycles. The predicted molar refractivity (Wildman–Crippen MR) is 155 cm³/mol. The van der Waals surface area contributed by atoms with Gasteiger partial charge in [0.1, 0.15) is 24.0 Å². The number of carbonyl (C=O) groups is 1. The van der Waals surface area contributed by atoms with E-state index in [-0.39, 0.29) is 29.9 Å². The highest BCUT2D eigenvalue weighted by atomic mass is 35.5. The standard InChI is InChI=1S/C32H32ClNO6/c1-3-24-18-25(38-19-22-10-6-4-7-11-22)14-15-26(24)30(35)32(36)34-27-16-17-28(40-21-37-2)31(29(27)33)39-20-23-12-8-5-9-13-23/h4-18,30,35H,3,19-21H2,1-2H3,(H,34,36). The van der Waals surface area contributed by atoms with Crippen molar-refractivity contribution in [1.82, 2.24) is 0 Å². The molecule has 40 heavy (non-hydrogen) atoms. The fourth-order valence-corrected chi connectivity index (χ4v) is 4.32. The fraction of sp³-hybridized carbons (Fsp3) is 0.219. The smallest absolute Gasteiger partial charge is 0.257 e. The van der Waals surface area contributed by atoms with Gasteiger partial charge in [0.25, 0.3) is 5.91 Å². The summed E-state index contributed by atoms with van der Waals surface area (Å²) in [7, 11) is 1.51. The second kappa shape index (κ2) is 14.4. The molecule has 0 bridgehead atoms. The number of hydrogen-bond acceptors (Lipinski definition) is 6. The van der Waals surface area contributed by atoms with E-state index in [1.165, 1.54) is 7.11 Å². The average Bonchev–Trinajstić information content (AvgIpc) is 3.00. The summed E-state index contributed by atoms with van der Waals surface area (Å²) in [5.74, 6) is 0.644. The topological polar surface area (TPSA) is 86.3 Å². The van der Waals surface area contributed by atoms with E-state index in [1.807, 2.05) is 73.7 Å². The number of aliphatic hydroxyl groups excluding tert-OH is 1. The van der Waals surface area contributed by atoms with Crippen molar-refractivity contribution in [3.05, 3.63) is 118 Å². The number of aliphatic hydroxyl groups is 1. The van der Waals surface area contributed by atoms with Crippen molar-refractivity contribution in [2.24, 2.45) is 0 Å². The molecule has 0 radical (unpaired) electrons. The number of benzene rings is 4. The van der Waals surface area contributed by atoms with Crippen LogP contribution in [0, 0.1) is 0 Å². The maximum absolute atomic E-state index is 13.1. The van der Waals surface area contributed by atoms with E-state index in [1.54, 1.807) is 24.3 Å². The number of halogens is 1. The summed E-state index contributed by atoms with van der Waals surface area (Å²) in [6.45, 7) is 2.61. The maximum atomic E-state index is 13.1. The molecule has 4 aromatic carbocycles. The Labute approximate surface area is 239 Å². The predicted octanol–water partition coefficient (Wildman–Crippen LogP) is 6.72. The average molecular weight is 562 g/mol. The monoisotopic (exact) mass is 561 g/mol. The minimum atomic E-state index is -1.42. The lowest BCUT2D eigenvalue weighted by Crippen LogP contribution is -2.22. The van der Waals surface area contributed by atoms with Crippen LogP contribution in [0.15, 0.2) is 91.0 Å². The van der Waals surface area contributed by atoms with E-state index in [0.29, 0.717) is 30.1 Å². The van der Waals surface area contributed by atoms with E-state index < -0.39 is 12.0 Å². The van der Waals surface area contributed by atoms with Gasteiger partial charge in [-0.2, -0.15) is 0 Å². The number of nitrogens with one attached hydrogen (secondary N) is 1. The molecule has 0 spiro atoms. The number of aryl methyl sites for hydroxylation is 1. The molecule has 7 nitrogen and oxygen atoms in total. The summed E-state index contributed by atoms with van der Waals surface area (Å²) in [5.41, 5.74) is 3.55. The molecule has 208 valence electrons. The SMILES string of the molecule is CCc1cc(OCc2ccccc2)ccc1C(O)C(=O)Nc1ccc(OCOC)c(OCc2ccccc2)c1Cl. The van der Waals surface area contributed by atoms with Crippen LogP contribution in [-0.4, -0.2) is 24.9 Å². The molecule has 0 saturated heterocycles. The van der Waals surface area contributed by atoms with Crippen LogP contribution in [0.3, 0.4) is 0 Å². The van der Waals surface area contributed by atoms with Crippen LogP contribution in [0.5, 0.6) is 17.2 Å². The zero-order valence-corrected chi connectivity index (χ0v) is 23.2. The number of anilines is 1. The van der Waals surface area contributed by atoms with Crippen LogP contribution in [0.25, 0.3) is 0 Å². The third-order valence-electron chi connectivity index (χ3n) is 6.16. The quantitative estimate of drug-likeness (QED) is 0.176. The third-order valence-corrected chi connectivity index (χ3v) is 6.54. The van der Waals surface area contributed by atoms with E-state index in [4.69, 9.17) is 30.5 Å². The number of ether oxygens (including phenoxy) is 4. The minimum absolute atomic E-state index is 0.00665. The van der Waals surface area contributed by atoms with Crippen LogP contribution in [0.2, 0.25) is 5.02 Å². The lowest BCUT2D eigenvalue weighted by atomic mass is 9.99. The number of amides is 1. The molecule has 1 atom stereocenters. The highest BCUT2D eigenvalue weighted by Crippen LogP contribution is 2.41. The summed E-state index contributed by atoms with van der Waals surface area (Å²) in [6, 6.07) is 28.0. The van der Waals surface area contributed by atoms with Crippen molar-refractivity contribution < 1.29 is 28.8 Å². The molecule has 8 heteroatoms. The summed E-state index contributed by atoms with van der Waals surface area (Å²) in [5, 5.41) is 13.8. The van der Waals surface area contributed by atoms with Gasteiger partial charge in [0, 0.05) is 7.11 Å². The number of hydrogen-bond donors (Lipinski definition) is 2. The molecular weight excluding hydrogens is 530 g/mol. The summed E-state index contributed by atoms with van der Waals surface area (Å²) < 4.78 is 22.5. The van der Waals surface area contributed by atoms with Crippen LogP contribution in [-0.2, 0) is 29.2 Å². The largest absolute Gasteiger partial charge is 0.489 e. The van der Waals surface area contributed by atoms with E-state index in [0.717, 1.165) is 16.7 Å². The van der Waals surface area contributed by atoms with Gasteiger partial charge in [0.05, 0.1) is 5.69 Å². The van der Waals surface area contributed by atoms with Crippen LogP contribution in [0.4, 0.5) is 5.69 Å². The highest BCUT2D eigenvalue weighted by molar-refractivity contribution is 6.35. The van der Waals surface area contributed by atoms with Gasteiger partial charge in [-0.15, -0.1) is 0 Å². The van der Waals surface area contributed by atoms with Crippen LogP contribution in [0.1, 0.15) is 35.3 Å². The van der Waals surface area contributed by atoms with Gasteiger partial charge in [-0.1, -0.05) is 85.3 Å². The Bertz CT molecular complexity index is 1400. The molecule has 0 heterocycles. The van der Waals surface area contributed by atoms with E-state index in [2.05, 4.69) is 5.32 Å². The third kappa shape index (κ3) is 7.54. The normalized spacial score (nSPS) is 11.5. The van der Waals surface area contributed by atoms with Gasteiger partial charge in [-0.25, -0.2) is 0 Å². The molecule has 1 amide bonds.